The maximum absolute atomic E-state index is 5.82. The van der Waals surface area contributed by atoms with E-state index in [-0.39, 0.29) is 0 Å². The van der Waals surface area contributed by atoms with Gasteiger partial charge in [-0.15, -0.1) is 0 Å². The second-order valence-electron chi connectivity index (χ2n) is 4.61. The predicted octanol–water partition coefficient (Wildman–Crippen LogP) is 2.78. The summed E-state index contributed by atoms with van der Waals surface area (Å²) in [7, 11) is 0. The van der Waals surface area contributed by atoms with Gasteiger partial charge >= 0.3 is 0 Å². The van der Waals surface area contributed by atoms with Crippen molar-refractivity contribution >= 4 is 11.3 Å². The van der Waals surface area contributed by atoms with Gasteiger partial charge in [-0.3, -0.25) is 0 Å². The SMILES string of the molecule is Nc1ccc2c(c1)CCC2=C1CCOCC1. The van der Waals surface area contributed by atoms with Crippen LogP contribution >= 0.6 is 0 Å². The number of hydrogen-bond acceptors (Lipinski definition) is 2. The zero-order valence-electron chi connectivity index (χ0n) is 9.46. The third-order valence-electron chi connectivity index (χ3n) is 3.62. The van der Waals surface area contributed by atoms with Gasteiger partial charge in [0.2, 0.25) is 0 Å². The monoisotopic (exact) mass is 215 g/mol. The summed E-state index contributed by atoms with van der Waals surface area (Å²) in [6.07, 6.45) is 4.56. The Balaban J connectivity index is 2.01. The Morgan fingerprint density at radius 3 is 2.62 bits per heavy atom. The van der Waals surface area contributed by atoms with Gasteiger partial charge in [-0.05, 0) is 54.5 Å². The van der Waals surface area contributed by atoms with Gasteiger partial charge in [0.25, 0.3) is 0 Å². The number of benzene rings is 1. The van der Waals surface area contributed by atoms with Crippen molar-refractivity contribution in [1.29, 1.82) is 0 Å². The van der Waals surface area contributed by atoms with Crippen molar-refractivity contribution in [2.45, 2.75) is 25.7 Å². The lowest BCUT2D eigenvalue weighted by Crippen LogP contribution is -2.08. The first-order chi connectivity index (χ1) is 7.84. The van der Waals surface area contributed by atoms with Crippen LogP contribution in [0.2, 0.25) is 0 Å². The molecule has 0 aromatic heterocycles. The number of nitrogens with two attached hydrogens (primary N) is 1. The Labute approximate surface area is 96.1 Å². The number of allylic oxidation sites excluding steroid dienone is 1. The highest BCUT2D eigenvalue weighted by atomic mass is 16.5. The van der Waals surface area contributed by atoms with Crippen molar-refractivity contribution in [1.82, 2.24) is 0 Å². The fourth-order valence-electron chi connectivity index (χ4n) is 2.80. The van der Waals surface area contributed by atoms with Crippen LogP contribution in [0.1, 0.15) is 30.4 Å². The van der Waals surface area contributed by atoms with Gasteiger partial charge in [0, 0.05) is 5.69 Å². The van der Waals surface area contributed by atoms with Crippen LogP contribution in [0.5, 0.6) is 0 Å². The summed E-state index contributed by atoms with van der Waals surface area (Å²) >= 11 is 0. The van der Waals surface area contributed by atoms with Crippen molar-refractivity contribution < 1.29 is 4.74 Å². The van der Waals surface area contributed by atoms with Crippen LogP contribution in [0.25, 0.3) is 5.57 Å². The van der Waals surface area contributed by atoms with Crippen LogP contribution in [-0.2, 0) is 11.2 Å². The average molecular weight is 215 g/mol. The van der Waals surface area contributed by atoms with E-state index in [1.165, 1.54) is 17.5 Å². The fourth-order valence-corrected chi connectivity index (χ4v) is 2.80. The molecule has 0 saturated carbocycles. The van der Waals surface area contributed by atoms with Crippen LogP contribution in [0.15, 0.2) is 23.8 Å². The molecule has 0 radical (unpaired) electrons. The van der Waals surface area contributed by atoms with Crippen molar-refractivity contribution in [3.05, 3.63) is 34.9 Å². The molecule has 1 aromatic rings. The molecule has 2 aliphatic rings. The fraction of sp³-hybridized carbons (Fsp3) is 0.429. The highest BCUT2D eigenvalue weighted by Gasteiger charge is 2.20. The van der Waals surface area contributed by atoms with E-state index in [9.17, 15) is 0 Å². The molecule has 84 valence electrons. The molecule has 1 fully saturated rings. The summed E-state index contributed by atoms with van der Waals surface area (Å²) in [6.45, 7) is 1.78. The molecule has 0 bridgehead atoms. The zero-order valence-corrected chi connectivity index (χ0v) is 9.46. The first-order valence-corrected chi connectivity index (χ1v) is 6.02. The van der Waals surface area contributed by atoms with E-state index in [1.807, 2.05) is 6.07 Å². The minimum absolute atomic E-state index is 0.886. The first kappa shape index (κ1) is 9.91. The van der Waals surface area contributed by atoms with E-state index in [4.69, 9.17) is 10.5 Å². The van der Waals surface area contributed by atoms with E-state index in [1.54, 1.807) is 11.1 Å². The van der Waals surface area contributed by atoms with E-state index in [0.717, 1.165) is 38.2 Å². The summed E-state index contributed by atoms with van der Waals surface area (Å²) in [6, 6.07) is 6.34. The Hall–Kier alpha value is -1.28. The molecule has 0 amide bonds. The number of aryl methyl sites for hydroxylation is 1. The van der Waals surface area contributed by atoms with Gasteiger partial charge in [0.1, 0.15) is 0 Å². The molecular weight excluding hydrogens is 198 g/mol. The van der Waals surface area contributed by atoms with Gasteiger partial charge in [0.15, 0.2) is 0 Å². The van der Waals surface area contributed by atoms with Gasteiger partial charge in [-0.25, -0.2) is 0 Å². The number of rotatable bonds is 0. The molecule has 1 aromatic carbocycles. The first-order valence-electron chi connectivity index (χ1n) is 6.02. The minimum Gasteiger partial charge on any atom is -0.399 e. The number of hydrogen-bond donors (Lipinski definition) is 1. The summed E-state index contributed by atoms with van der Waals surface area (Å²) in [5, 5.41) is 0. The summed E-state index contributed by atoms with van der Waals surface area (Å²) in [5.74, 6) is 0. The maximum atomic E-state index is 5.82. The molecule has 16 heavy (non-hydrogen) atoms. The highest BCUT2D eigenvalue weighted by molar-refractivity contribution is 5.76. The van der Waals surface area contributed by atoms with Crippen LogP contribution in [-0.4, -0.2) is 13.2 Å². The lowest BCUT2D eigenvalue weighted by Gasteiger charge is -2.18. The Bertz CT molecular complexity index is 440. The molecule has 3 rings (SSSR count). The third-order valence-corrected chi connectivity index (χ3v) is 3.62. The van der Waals surface area contributed by atoms with E-state index in [2.05, 4.69) is 12.1 Å². The number of anilines is 1. The molecule has 2 heteroatoms. The number of nitrogen functional groups attached to an aromatic ring is 1. The molecule has 2 nitrogen and oxygen atoms in total. The van der Waals surface area contributed by atoms with Crippen LogP contribution in [0, 0.1) is 0 Å². The molecule has 1 heterocycles. The van der Waals surface area contributed by atoms with E-state index < -0.39 is 0 Å². The van der Waals surface area contributed by atoms with Crippen molar-refractivity contribution in [2.75, 3.05) is 18.9 Å². The zero-order chi connectivity index (χ0) is 11.0. The molecule has 1 aliphatic heterocycles. The second-order valence-corrected chi connectivity index (χ2v) is 4.61. The average Bonchev–Trinajstić information content (AvgIpc) is 2.73. The van der Waals surface area contributed by atoms with E-state index >= 15 is 0 Å². The summed E-state index contributed by atoms with van der Waals surface area (Å²) in [5.41, 5.74) is 12.7. The Morgan fingerprint density at radius 2 is 1.81 bits per heavy atom. The topological polar surface area (TPSA) is 35.2 Å². The standard InChI is InChI=1S/C14H17NO/c15-12-2-4-14-11(9-12)1-3-13(14)10-5-7-16-8-6-10/h2,4,9H,1,3,5-8,15H2. The number of fused-ring (bicyclic) bond motifs is 1. The molecule has 2 N–H and O–H groups in total. The smallest absolute Gasteiger partial charge is 0.0503 e. The highest BCUT2D eigenvalue weighted by Crippen LogP contribution is 2.38. The summed E-state index contributed by atoms with van der Waals surface area (Å²) < 4.78 is 5.41. The molecule has 0 atom stereocenters. The minimum atomic E-state index is 0.886. The number of ether oxygens (including phenoxy) is 1. The Kier molecular flexibility index (Phi) is 2.44. The lowest BCUT2D eigenvalue weighted by atomic mass is 9.96. The van der Waals surface area contributed by atoms with Crippen LogP contribution < -0.4 is 5.73 Å². The van der Waals surface area contributed by atoms with Gasteiger partial charge in [-0.2, -0.15) is 0 Å². The predicted molar refractivity (Wildman–Crippen MR) is 66.1 cm³/mol. The third kappa shape index (κ3) is 1.63. The molecular formula is C14H17NO. The largest absolute Gasteiger partial charge is 0.399 e. The maximum Gasteiger partial charge on any atom is 0.0503 e. The van der Waals surface area contributed by atoms with Crippen LogP contribution in [0.3, 0.4) is 0 Å². The van der Waals surface area contributed by atoms with Crippen molar-refractivity contribution in [3.8, 4) is 0 Å². The van der Waals surface area contributed by atoms with Crippen molar-refractivity contribution in [3.63, 3.8) is 0 Å². The van der Waals surface area contributed by atoms with E-state index in [0.29, 0.717) is 0 Å². The van der Waals surface area contributed by atoms with Crippen LogP contribution in [0.4, 0.5) is 5.69 Å². The van der Waals surface area contributed by atoms with Gasteiger partial charge in [0.05, 0.1) is 13.2 Å². The normalized spacial score (nSPS) is 20.0. The Morgan fingerprint density at radius 1 is 1.00 bits per heavy atom. The molecule has 1 aliphatic carbocycles. The van der Waals surface area contributed by atoms with Crippen molar-refractivity contribution in [2.24, 2.45) is 0 Å². The molecule has 1 saturated heterocycles. The van der Waals surface area contributed by atoms with Gasteiger partial charge < -0.3 is 10.5 Å². The second kappa shape index (κ2) is 3.95. The quantitative estimate of drug-likeness (QED) is 0.675. The summed E-state index contributed by atoms with van der Waals surface area (Å²) in [4.78, 5) is 0. The molecule has 0 unspecified atom stereocenters. The lowest BCUT2D eigenvalue weighted by molar-refractivity contribution is 0.119. The van der Waals surface area contributed by atoms with Gasteiger partial charge in [-0.1, -0.05) is 11.6 Å². The molecule has 0 spiro atoms.